The maximum Gasteiger partial charge on any atom is 4.00 e. The predicted octanol–water partition coefficient (Wildman–Crippen LogP) is -7.56. The van der Waals surface area contributed by atoms with Crippen molar-refractivity contribution in [2.75, 3.05) is 0 Å². The Balaban J connectivity index is -0.00000000623. The summed E-state index contributed by atoms with van der Waals surface area (Å²) in [5.74, 6) is 0. The molecule has 0 saturated heterocycles. The van der Waals surface area contributed by atoms with E-state index in [1.54, 1.807) is 0 Å². The third kappa shape index (κ3) is 1150. The van der Waals surface area contributed by atoms with Gasteiger partial charge in [0.05, 0.1) is 20.3 Å². The van der Waals surface area contributed by atoms with Gasteiger partial charge in [-0.2, -0.15) is 0 Å². The smallest absolute Gasteiger partial charge is 0.412 e. The van der Waals surface area contributed by atoms with Crippen LogP contribution in [-0.2, 0) is 26.2 Å². The van der Waals surface area contributed by atoms with Crippen molar-refractivity contribution in [3.8, 4) is 0 Å². The summed E-state index contributed by atoms with van der Waals surface area (Å²) in [5, 5.41) is 59.0. The van der Waals surface area contributed by atoms with Crippen LogP contribution in [0.3, 0.4) is 0 Å². The van der Waals surface area contributed by atoms with E-state index in [0.717, 1.165) is 0 Å². The molecule has 25 heteroatoms. The van der Waals surface area contributed by atoms with E-state index in [4.69, 9.17) is 61.3 Å². The average molecular weight is 483 g/mol. The van der Waals surface area contributed by atoms with E-state index in [2.05, 4.69) is 0 Å². The van der Waals surface area contributed by atoms with Crippen molar-refractivity contribution in [1.82, 2.24) is 0 Å². The van der Waals surface area contributed by atoms with E-state index < -0.39 is 20.3 Å². The van der Waals surface area contributed by atoms with Crippen molar-refractivity contribution in [1.29, 1.82) is 0 Å². The van der Waals surface area contributed by atoms with Crippen molar-refractivity contribution in [2.24, 2.45) is 0 Å². The molecule has 0 heterocycles. The first-order chi connectivity index (χ1) is 6.93. The first-order valence-corrected chi connectivity index (χ1v) is 2.19. The van der Waals surface area contributed by atoms with Gasteiger partial charge in [0, 0.05) is 0 Å². The van der Waals surface area contributed by atoms with Crippen LogP contribution < -0.4 is 0 Å². The largest absolute Gasteiger partial charge is 4.00 e. The van der Waals surface area contributed by atoms with Crippen LogP contribution in [0.2, 0.25) is 0 Å². The first-order valence-electron chi connectivity index (χ1n) is 2.19. The van der Waals surface area contributed by atoms with Gasteiger partial charge in [-0.05, 0) is 0 Å². The topological polar surface area (TPSA) is 517 Å². The van der Waals surface area contributed by atoms with Crippen LogP contribution in [0.15, 0.2) is 0 Å². The Morgan fingerprint density at radius 1 is 0.320 bits per heavy atom. The molecular formula is H16N4O20Zr. The van der Waals surface area contributed by atoms with Crippen LogP contribution in [0.5, 0.6) is 0 Å². The molecule has 0 atom stereocenters. The Morgan fingerprint density at radius 2 is 0.320 bits per heavy atom. The second-order valence-electron chi connectivity index (χ2n) is 0.894. The molecule has 0 radical (unpaired) electrons. The Kier molecular flexibility index (Phi) is 471. The molecule has 0 unspecified atom stereocenters. The van der Waals surface area contributed by atoms with E-state index in [-0.39, 0.29) is 70.0 Å². The zero-order valence-corrected chi connectivity index (χ0v) is 13.6. The third-order valence-electron chi connectivity index (χ3n) is 0. The zero-order chi connectivity index (χ0) is 14.3. The van der Waals surface area contributed by atoms with Crippen LogP contribution in [0.25, 0.3) is 0 Å². The molecule has 0 saturated carbocycles. The van der Waals surface area contributed by atoms with Gasteiger partial charge >= 0.3 is 26.2 Å². The summed E-state index contributed by atoms with van der Waals surface area (Å²) in [6, 6.07) is 0. The molecule has 0 amide bonds. The van der Waals surface area contributed by atoms with Gasteiger partial charge in [-0.3, -0.25) is 0 Å². The summed E-state index contributed by atoms with van der Waals surface area (Å²) in [6.07, 6.45) is 0. The summed E-state index contributed by atoms with van der Waals surface area (Å²) >= 11 is 0. The molecule has 0 aromatic heterocycles. The summed E-state index contributed by atoms with van der Waals surface area (Å²) in [6.45, 7) is 0. The fourth-order valence-corrected chi connectivity index (χ4v) is 0. The average Bonchev–Trinajstić information content (AvgIpc) is 1.76. The quantitative estimate of drug-likeness (QED) is 0.229. The van der Waals surface area contributed by atoms with Gasteiger partial charge in [0.2, 0.25) is 0 Å². The molecule has 25 heavy (non-hydrogen) atoms. The summed E-state index contributed by atoms with van der Waals surface area (Å²) in [5.41, 5.74) is 0. The molecule has 0 aliphatic rings. The summed E-state index contributed by atoms with van der Waals surface area (Å²) < 4.78 is 0. The normalized spacial score (nSPS) is 3.84. The molecule has 0 aromatic rings. The van der Waals surface area contributed by atoms with Crippen LogP contribution >= 0.6 is 0 Å². The molecule has 0 aliphatic carbocycles. The number of rotatable bonds is 0. The van der Waals surface area contributed by atoms with Gasteiger partial charge in [0.15, 0.2) is 0 Å². The fourth-order valence-electron chi connectivity index (χ4n) is 0. The van der Waals surface area contributed by atoms with E-state index in [0.29, 0.717) is 0 Å². The Hall–Kier alpha value is -2.64. The molecular weight excluding hydrogens is 467 g/mol. The predicted molar refractivity (Wildman–Crippen MR) is 70.4 cm³/mol. The van der Waals surface area contributed by atoms with Gasteiger partial charge in [0.25, 0.3) is 0 Å². The molecule has 0 aromatic carbocycles. The minimum atomic E-state index is -1.75. The standard InChI is InChI=1S/4NO3.8H2O.Zr/c4*2-1(3)4;;;;;;;;;/h;;;;8*1H2;/q4*-1;;;;;;;;;+4. The van der Waals surface area contributed by atoms with E-state index in [1.165, 1.54) is 0 Å². The van der Waals surface area contributed by atoms with Crippen LogP contribution in [-0.4, -0.2) is 64.2 Å². The fraction of sp³-hybridized carbons (Fsp3) is 0. The zero-order valence-electron chi connectivity index (χ0n) is 11.2. The Labute approximate surface area is 152 Å². The molecule has 24 nitrogen and oxygen atoms in total. The first kappa shape index (κ1) is 116. The minimum absolute atomic E-state index is 0. The minimum Gasteiger partial charge on any atom is -0.412 e. The van der Waals surface area contributed by atoms with Crippen molar-refractivity contribution < 1.29 is 90.4 Å². The van der Waals surface area contributed by atoms with E-state index in [1.807, 2.05) is 0 Å². The SMILES string of the molecule is O.O.O.O.O.O.O.O.O=[N+]([O-])[O-].O=[N+]([O-])[O-].O=[N+]([O-])[O-].O=[N+]([O-])[O-].[Zr+4]. The maximum atomic E-state index is 8.25. The number of hydrogen-bond donors (Lipinski definition) is 0. The monoisotopic (exact) mass is 482 g/mol. The molecule has 160 valence electrons. The van der Waals surface area contributed by atoms with Gasteiger partial charge in [-0.1, -0.05) is 0 Å². The van der Waals surface area contributed by atoms with Crippen LogP contribution in [0, 0.1) is 61.3 Å². The number of nitrogens with zero attached hydrogens (tertiary/aromatic N) is 4. The van der Waals surface area contributed by atoms with Gasteiger partial charge in [-0.15, -0.1) is 0 Å². The molecule has 16 N–H and O–H groups in total. The van der Waals surface area contributed by atoms with E-state index >= 15 is 0 Å². The molecule has 0 aliphatic heterocycles. The van der Waals surface area contributed by atoms with Crippen LogP contribution in [0.1, 0.15) is 0 Å². The van der Waals surface area contributed by atoms with Crippen molar-refractivity contribution in [2.45, 2.75) is 0 Å². The van der Waals surface area contributed by atoms with E-state index in [9.17, 15) is 0 Å². The number of hydrogen-bond acceptors (Lipinski definition) is 12. The van der Waals surface area contributed by atoms with Crippen molar-refractivity contribution in [3.63, 3.8) is 0 Å². The van der Waals surface area contributed by atoms with Crippen LogP contribution in [0.4, 0.5) is 0 Å². The Morgan fingerprint density at radius 3 is 0.320 bits per heavy atom. The summed E-state index contributed by atoms with van der Waals surface area (Å²) in [4.78, 5) is 33.0. The molecule has 0 fully saturated rings. The third-order valence-corrected chi connectivity index (χ3v) is 0. The van der Waals surface area contributed by atoms with Gasteiger partial charge < -0.3 is 105 Å². The maximum absolute atomic E-state index is 8.25. The van der Waals surface area contributed by atoms with Crippen molar-refractivity contribution >= 4 is 0 Å². The van der Waals surface area contributed by atoms with Gasteiger partial charge in [0.1, 0.15) is 0 Å². The summed E-state index contributed by atoms with van der Waals surface area (Å²) in [7, 11) is 0. The molecule has 0 spiro atoms. The molecule has 0 bridgehead atoms. The molecule has 0 rings (SSSR count). The second-order valence-corrected chi connectivity index (χ2v) is 0.894. The Bertz CT molecular complexity index is 162. The van der Waals surface area contributed by atoms with Gasteiger partial charge in [-0.25, -0.2) is 0 Å². The second kappa shape index (κ2) is 101. The van der Waals surface area contributed by atoms with Crippen molar-refractivity contribution in [3.05, 3.63) is 61.3 Å².